The fourth-order valence-corrected chi connectivity index (χ4v) is 3.47. The Hall–Kier alpha value is -2.66. The number of pyridine rings is 2. The van der Waals surface area contributed by atoms with Gasteiger partial charge in [0, 0.05) is 30.7 Å². The van der Waals surface area contributed by atoms with Crippen molar-refractivity contribution in [2.75, 3.05) is 13.2 Å². The van der Waals surface area contributed by atoms with Gasteiger partial charge < -0.3 is 14.4 Å². The monoisotopic (exact) mass is 336 g/mol. The minimum absolute atomic E-state index is 0.0439. The minimum atomic E-state index is -0.0439. The van der Waals surface area contributed by atoms with Gasteiger partial charge in [-0.15, -0.1) is 0 Å². The molecule has 0 atom stereocenters. The van der Waals surface area contributed by atoms with Gasteiger partial charge in [0.15, 0.2) is 0 Å². The van der Waals surface area contributed by atoms with Crippen LogP contribution in [0.25, 0.3) is 22.0 Å². The molecule has 0 spiro atoms. The highest BCUT2D eigenvalue weighted by Gasteiger charge is 2.19. The fourth-order valence-electron chi connectivity index (χ4n) is 3.47. The van der Waals surface area contributed by atoms with Crippen LogP contribution in [0.15, 0.2) is 53.6 Å². The van der Waals surface area contributed by atoms with Crippen LogP contribution in [0.4, 0.5) is 0 Å². The van der Waals surface area contributed by atoms with Gasteiger partial charge in [-0.1, -0.05) is 30.3 Å². The molecule has 3 heterocycles. The summed E-state index contributed by atoms with van der Waals surface area (Å²) in [6.07, 6.45) is 4.95. The van der Waals surface area contributed by atoms with E-state index >= 15 is 0 Å². The first kappa shape index (κ1) is 15.8. The van der Waals surface area contributed by atoms with E-state index in [0.29, 0.717) is 28.9 Å². The molecule has 0 radical (unpaired) electrons. The Labute approximate surface area is 145 Å². The predicted molar refractivity (Wildman–Crippen MR) is 96.6 cm³/mol. The van der Waals surface area contributed by atoms with Gasteiger partial charge in [0.25, 0.3) is 5.56 Å². The number of ether oxygens (including phenoxy) is 1. The van der Waals surface area contributed by atoms with Gasteiger partial charge >= 0.3 is 0 Å². The topological polar surface area (TPSA) is 64.3 Å². The standard InChI is InChI=1S/C20H20N2O3/c23-19-12-21-11-18-17(19)10-16(15-4-2-1-3-5-15)20(24)22(18)13-14-6-8-25-9-7-14/h1-5,10-12,14,23H,6-9,13H2. The van der Waals surface area contributed by atoms with Crippen LogP contribution in [-0.4, -0.2) is 27.9 Å². The third-order valence-corrected chi connectivity index (χ3v) is 4.87. The lowest BCUT2D eigenvalue weighted by Gasteiger charge is -2.24. The quantitative estimate of drug-likeness (QED) is 0.798. The van der Waals surface area contributed by atoms with E-state index in [1.807, 2.05) is 30.3 Å². The summed E-state index contributed by atoms with van der Waals surface area (Å²) >= 11 is 0. The average Bonchev–Trinajstić information content (AvgIpc) is 2.66. The number of nitrogens with zero attached hydrogens (tertiary/aromatic N) is 2. The predicted octanol–water partition coefficient (Wildman–Crippen LogP) is 3.20. The Balaban J connectivity index is 1.91. The summed E-state index contributed by atoms with van der Waals surface area (Å²) in [5, 5.41) is 10.9. The zero-order chi connectivity index (χ0) is 17.2. The largest absolute Gasteiger partial charge is 0.506 e. The zero-order valence-electron chi connectivity index (χ0n) is 13.9. The Morgan fingerprint density at radius 2 is 1.92 bits per heavy atom. The molecule has 1 fully saturated rings. The number of aromatic hydroxyl groups is 1. The maximum atomic E-state index is 13.2. The molecule has 2 aromatic heterocycles. The summed E-state index contributed by atoms with van der Waals surface area (Å²) in [6, 6.07) is 11.3. The Kier molecular flexibility index (Phi) is 4.24. The average molecular weight is 336 g/mol. The van der Waals surface area contributed by atoms with Crippen LogP contribution in [0.2, 0.25) is 0 Å². The molecular formula is C20H20N2O3. The van der Waals surface area contributed by atoms with Crippen molar-refractivity contribution in [3.8, 4) is 16.9 Å². The van der Waals surface area contributed by atoms with Crippen LogP contribution < -0.4 is 5.56 Å². The van der Waals surface area contributed by atoms with E-state index < -0.39 is 0 Å². The lowest BCUT2D eigenvalue weighted by atomic mass is 9.99. The molecule has 0 bridgehead atoms. The van der Waals surface area contributed by atoms with E-state index in [0.717, 1.165) is 31.6 Å². The van der Waals surface area contributed by atoms with Crippen LogP contribution in [-0.2, 0) is 11.3 Å². The number of benzene rings is 1. The Bertz CT molecular complexity index is 944. The molecule has 1 saturated heterocycles. The molecular weight excluding hydrogens is 316 g/mol. The van der Waals surface area contributed by atoms with Crippen LogP contribution in [0, 0.1) is 5.92 Å². The summed E-state index contributed by atoms with van der Waals surface area (Å²) in [7, 11) is 0. The van der Waals surface area contributed by atoms with Crippen molar-refractivity contribution >= 4 is 10.9 Å². The van der Waals surface area contributed by atoms with Crippen molar-refractivity contribution in [2.24, 2.45) is 5.92 Å². The molecule has 4 rings (SSSR count). The van der Waals surface area contributed by atoms with Crippen LogP contribution in [0.1, 0.15) is 12.8 Å². The molecule has 5 heteroatoms. The summed E-state index contributed by atoms with van der Waals surface area (Å²) in [6.45, 7) is 2.09. The molecule has 0 aliphatic carbocycles. The van der Waals surface area contributed by atoms with Crippen molar-refractivity contribution in [2.45, 2.75) is 19.4 Å². The van der Waals surface area contributed by atoms with E-state index in [2.05, 4.69) is 4.98 Å². The van der Waals surface area contributed by atoms with Gasteiger partial charge in [0.2, 0.25) is 0 Å². The molecule has 1 aromatic carbocycles. The first-order valence-corrected chi connectivity index (χ1v) is 8.58. The van der Waals surface area contributed by atoms with Gasteiger partial charge in [0.05, 0.1) is 17.9 Å². The molecule has 1 N–H and O–H groups in total. The second-order valence-electron chi connectivity index (χ2n) is 6.49. The fraction of sp³-hybridized carbons (Fsp3) is 0.300. The van der Waals surface area contributed by atoms with Crippen molar-refractivity contribution in [3.05, 3.63) is 59.1 Å². The molecule has 1 aliphatic heterocycles. The highest BCUT2D eigenvalue weighted by Crippen LogP contribution is 2.28. The SMILES string of the molecule is O=c1c(-c2ccccc2)cc2c(O)cncc2n1CC1CCOCC1. The molecule has 1 aliphatic rings. The smallest absolute Gasteiger partial charge is 0.258 e. The van der Waals surface area contributed by atoms with E-state index in [9.17, 15) is 9.90 Å². The second kappa shape index (κ2) is 6.69. The van der Waals surface area contributed by atoms with Gasteiger partial charge in [-0.3, -0.25) is 9.78 Å². The highest BCUT2D eigenvalue weighted by atomic mass is 16.5. The number of rotatable bonds is 3. The van der Waals surface area contributed by atoms with Crippen LogP contribution in [0.3, 0.4) is 0 Å². The Morgan fingerprint density at radius 1 is 1.16 bits per heavy atom. The third kappa shape index (κ3) is 3.03. The van der Waals surface area contributed by atoms with Crippen LogP contribution in [0.5, 0.6) is 5.75 Å². The van der Waals surface area contributed by atoms with E-state index in [-0.39, 0.29) is 11.3 Å². The highest BCUT2D eigenvalue weighted by molar-refractivity contribution is 5.88. The third-order valence-electron chi connectivity index (χ3n) is 4.87. The van der Waals surface area contributed by atoms with Gasteiger partial charge in [-0.2, -0.15) is 0 Å². The first-order valence-electron chi connectivity index (χ1n) is 8.58. The lowest BCUT2D eigenvalue weighted by molar-refractivity contribution is 0.0613. The maximum Gasteiger partial charge on any atom is 0.258 e. The molecule has 128 valence electrons. The molecule has 5 nitrogen and oxygen atoms in total. The van der Waals surface area contributed by atoms with Gasteiger partial charge in [0.1, 0.15) is 5.75 Å². The molecule has 3 aromatic rings. The van der Waals surface area contributed by atoms with Crippen molar-refractivity contribution < 1.29 is 9.84 Å². The van der Waals surface area contributed by atoms with Gasteiger partial charge in [-0.25, -0.2) is 0 Å². The maximum absolute atomic E-state index is 13.2. The first-order chi connectivity index (χ1) is 12.2. The summed E-state index contributed by atoms with van der Waals surface area (Å²) in [4.78, 5) is 17.3. The summed E-state index contributed by atoms with van der Waals surface area (Å²) in [5.74, 6) is 0.485. The summed E-state index contributed by atoms with van der Waals surface area (Å²) in [5.41, 5.74) is 2.08. The summed E-state index contributed by atoms with van der Waals surface area (Å²) < 4.78 is 7.19. The lowest BCUT2D eigenvalue weighted by Crippen LogP contribution is -2.28. The van der Waals surface area contributed by atoms with Crippen molar-refractivity contribution in [3.63, 3.8) is 0 Å². The molecule has 0 saturated carbocycles. The number of fused-ring (bicyclic) bond motifs is 1. The number of hydrogen-bond acceptors (Lipinski definition) is 4. The molecule has 0 amide bonds. The Morgan fingerprint density at radius 3 is 2.68 bits per heavy atom. The van der Waals surface area contributed by atoms with Crippen molar-refractivity contribution in [1.29, 1.82) is 0 Å². The minimum Gasteiger partial charge on any atom is -0.506 e. The normalized spacial score (nSPS) is 15.5. The van der Waals surface area contributed by atoms with Gasteiger partial charge in [-0.05, 0) is 30.4 Å². The van der Waals surface area contributed by atoms with E-state index in [1.54, 1.807) is 16.8 Å². The van der Waals surface area contributed by atoms with Crippen LogP contribution >= 0.6 is 0 Å². The molecule has 0 unspecified atom stereocenters. The van der Waals surface area contributed by atoms with E-state index in [4.69, 9.17) is 4.74 Å². The van der Waals surface area contributed by atoms with Crippen molar-refractivity contribution in [1.82, 2.24) is 9.55 Å². The number of hydrogen-bond donors (Lipinski definition) is 1. The second-order valence-corrected chi connectivity index (χ2v) is 6.49. The number of aromatic nitrogens is 2. The van der Waals surface area contributed by atoms with E-state index in [1.165, 1.54) is 6.20 Å². The zero-order valence-corrected chi connectivity index (χ0v) is 13.9. The molecule has 25 heavy (non-hydrogen) atoms.